The Morgan fingerprint density at radius 1 is 0.880 bits per heavy atom. The van der Waals surface area contributed by atoms with Crippen molar-refractivity contribution in [1.82, 2.24) is 4.90 Å². The number of benzene rings is 2. The van der Waals surface area contributed by atoms with Crippen molar-refractivity contribution in [2.24, 2.45) is 0 Å². The Bertz CT molecular complexity index is 644. The number of aryl methyl sites for hydroxylation is 1. The van der Waals surface area contributed by atoms with Gasteiger partial charge in [-0.25, -0.2) is 4.39 Å². The minimum Gasteiger partial charge on any atom is -0.301 e. The molecule has 0 atom stereocenters. The second kappa shape index (κ2) is 8.14. The Hall–Kier alpha value is -1.67. The molecule has 2 heteroatoms. The van der Waals surface area contributed by atoms with E-state index in [4.69, 9.17) is 0 Å². The quantitative estimate of drug-likeness (QED) is 0.580. The van der Waals surface area contributed by atoms with E-state index in [1.807, 2.05) is 12.1 Å². The number of alkyl halides is 1. The van der Waals surface area contributed by atoms with Gasteiger partial charge in [-0.2, -0.15) is 0 Å². The normalized spacial score (nSPS) is 15.7. The van der Waals surface area contributed by atoms with Gasteiger partial charge in [-0.05, 0) is 69.2 Å². The number of hydrogen-bond donors (Lipinski definition) is 0. The molecule has 0 heterocycles. The van der Waals surface area contributed by atoms with Crippen molar-refractivity contribution >= 4 is 0 Å². The molecule has 1 nitrogen and oxygen atoms in total. The lowest BCUT2D eigenvalue weighted by Crippen LogP contribution is -2.34. The van der Waals surface area contributed by atoms with Crippen LogP contribution in [-0.4, -0.2) is 24.0 Å². The van der Waals surface area contributed by atoms with Gasteiger partial charge in [0.2, 0.25) is 0 Å². The minimum atomic E-state index is -1.01. The third-order valence-electron chi connectivity index (χ3n) is 5.33. The van der Waals surface area contributed by atoms with Crippen molar-refractivity contribution in [2.45, 2.75) is 57.7 Å². The molecular weight excluding hydrogens is 309 g/mol. The van der Waals surface area contributed by atoms with Gasteiger partial charge in [0, 0.05) is 12.6 Å². The maximum absolute atomic E-state index is 14.0. The fourth-order valence-corrected chi connectivity index (χ4v) is 3.40. The molecule has 1 aliphatic carbocycles. The first-order valence-corrected chi connectivity index (χ1v) is 9.63. The van der Waals surface area contributed by atoms with E-state index in [9.17, 15) is 4.39 Å². The first-order chi connectivity index (χ1) is 12.1. The number of nitrogens with zero attached hydrogens (tertiary/aromatic N) is 1. The third-order valence-corrected chi connectivity index (χ3v) is 5.33. The van der Waals surface area contributed by atoms with E-state index in [1.54, 1.807) is 0 Å². The fourth-order valence-electron chi connectivity index (χ4n) is 3.40. The van der Waals surface area contributed by atoms with Gasteiger partial charge in [-0.15, -0.1) is 0 Å². The van der Waals surface area contributed by atoms with Gasteiger partial charge in [0.25, 0.3) is 0 Å². The highest BCUT2D eigenvalue weighted by molar-refractivity contribution is 5.30. The molecule has 1 saturated carbocycles. The summed E-state index contributed by atoms with van der Waals surface area (Å²) in [6, 6.07) is 19.5. The number of rotatable bonds is 9. The predicted molar refractivity (Wildman–Crippen MR) is 104 cm³/mol. The van der Waals surface area contributed by atoms with E-state index >= 15 is 0 Å². The number of halogens is 1. The molecule has 1 fully saturated rings. The lowest BCUT2D eigenvalue weighted by atomic mass is 10.0. The second-order valence-corrected chi connectivity index (χ2v) is 7.63. The zero-order valence-electron chi connectivity index (χ0n) is 15.5. The molecule has 3 rings (SSSR count). The average molecular weight is 339 g/mol. The minimum absolute atomic E-state index is 0.562. The van der Waals surface area contributed by atoms with Crippen LogP contribution in [0.4, 0.5) is 4.39 Å². The van der Waals surface area contributed by atoms with Crippen LogP contribution in [0.25, 0.3) is 0 Å². The molecule has 0 aromatic heterocycles. The Balaban J connectivity index is 1.45. The van der Waals surface area contributed by atoms with Crippen LogP contribution < -0.4 is 0 Å². The van der Waals surface area contributed by atoms with Crippen LogP contribution in [0.1, 0.15) is 49.8 Å². The maximum atomic E-state index is 14.0. The highest BCUT2D eigenvalue weighted by atomic mass is 19.1. The van der Waals surface area contributed by atoms with Gasteiger partial charge in [0.15, 0.2) is 0 Å². The summed E-state index contributed by atoms with van der Waals surface area (Å²) in [5.41, 5.74) is 2.58. The summed E-state index contributed by atoms with van der Waals surface area (Å²) in [5.74, 6) is 0. The molecule has 0 N–H and O–H groups in total. The van der Waals surface area contributed by atoms with Crippen LogP contribution in [0.3, 0.4) is 0 Å². The molecule has 0 radical (unpaired) electrons. The largest absolute Gasteiger partial charge is 0.301 e. The van der Waals surface area contributed by atoms with E-state index in [0.717, 1.165) is 37.9 Å². The Morgan fingerprint density at radius 2 is 1.52 bits per heavy atom. The molecule has 0 saturated heterocycles. The first kappa shape index (κ1) is 18.1. The van der Waals surface area contributed by atoms with Crippen molar-refractivity contribution in [1.29, 1.82) is 0 Å². The Morgan fingerprint density at radius 3 is 2.12 bits per heavy atom. The van der Waals surface area contributed by atoms with Crippen LogP contribution in [0.15, 0.2) is 54.6 Å². The average Bonchev–Trinajstić information content (AvgIpc) is 3.38. The monoisotopic (exact) mass is 339 g/mol. The topological polar surface area (TPSA) is 3.24 Å². The van der Waals surface area contributed by atoms with Crippen LogP contribution >= 0.6 is 0 Å². The molecule has 1 aliphatic rings. The standard InChI is InChI=1S/C23H30FN/c1-19(2)25(18-14-20-7-4-3-5-8-20)17-6-9-21-10-12-22(13-11-21)23(24)15-16-23/h3-5,7-8,10-13,19H,6,9,14-18H2,1-2H3. The highest BCUT2D eigenvalue weighted by Crippen LogP contribution is 2.49. The van der Waals surface area contributed by atoms with Gasteiger partial charge in [-0.1, -0.05) is 54.6 Å². The summed E-state index contributed by atoms with van der Waals surface area (Å²) in [5, 5.41) is 0. The van der Waals surface area contributed by atoms with E-state index in [-0.39, 0.29) is 0 Å². The van der Waals surface area contributed by atoms with E-state index in [2.05, 4.69) is 61.2 Å². The van der Waals surface area contributed by atoms with Crippen molar-refractivity contribution in [3.8, 4) is 0 Å². The van der Waals surface area contributed by atoms with Crippen molar-refractivity contribution in [3.63, 3.8) is 0 Å². The summed E-state index contributed by atoms with van der Waals surface area (Å²) in [4.78, 5) is 2.56. The smallest absolute Gasteiger partial charge is 0.136 e. The second-order valence-electron chi connectivity index (χ2n) is 7.63. The summed E-state index contributed by atoms with van der Waals surface area (Å²) in [6.07, 6.45) is 4.70. The van der Waals surface area contributed by atoms with Gasteiger partial charge >= 0.3 is 0 Å². The van der Waals surface area contributed by atoms with Gasteiger partial charge in [-0.3, -0.25) is 0 Å². The molecule has 0 unspecified atom stereocenters. The first-order valence-electron chi connectivity index (χ1n) is 9.63. The lowest BCUT2D eigenvalue weighted by Gasteiger charge is -2.26. The third kappa shape index (κ3) is 5.15. The highest BCUT2D eigenvalue weighted by Gasteiger charge is 2.44. The zero-order valence-corrected chi connectivity index (χ0v) is 15.5. The Kier molecular flexibility index (Phi) is 5.90. The molecule has 0 bridgehead atoms. The van der Waals surface area contributed by atoms with Gasteiger partial charge < -0.3 is 4.90 Å². The van der Waals surface area contributed by atoms with E-state index in [1.165, 1.54) is 11.1 Å². The molecule has 0 aliphatic heterocycles. The van der Waals surface area contributed by atoms with Crippen molar-refractivity contribution in [2.75, 3.05) is 13.1 Å². The van der Waals surface area contributed by atoms with Crippen LogP contribution in [0.2, 0.25) is 0 Å². The molecule has 2 aromatic rings. The zero-order chi connectivity index (χ0) is 17.7. The van der Waals surface area contributed by atoms with Crippen LogP contribution in [0, 0.1) is 0 Å². The summed E-state index contributed by atoms with van der Waals surface area (Å²) >= 11 is 0. The lowest BCUT2D eigenvalue weighted by molar-refractivity contribution is 0.222. The molecule has 25 heavy (non-hydrogen) atoms. The van der Waals surface area contributed by atoms with E-state index < -0.39 is 5.67 Å². The van der Waals surface area contributed by atoms with Crippen molar-refractivity contribution < 1.29 is 4.39 Å². The summed E-state index contributed by atoms with van der Waals surface area (Å²) < 4.78 is 14.0. The molecular formula is C23H30FN. The summed E-state index contributed by atoms with van der Waals surface area (Å²) in [7, 11) is 0. The summed E-state index contributed by atoms with van der Waals surface area (Å²) in [6.45, 7) is 6.76. The molecule has 0 spiro atoms. The predicted octanol–water partition coefficient (Wildman–Crippen LogP) is 5.53. The van der Waals surface area contributed by atoms with Crippen LogP contribution in [0.5, 0.6) is 0 Å². The van der Waals surface area contributed by atoms with Gasteiger partial charge in [0.05, 0.1) is 0 Å². The SMILES string of the molecule is CC(C)N(CCCc1ccc(C2(F)CC2)cc1)CCc1ccccc1. The molecule has 2 aromatic carbocycles. The van der Waals surface area contributed by atoms with Crippen molar-refractivity contribution in [3.05, 3.63) is 71.3 Å². The number of hydrogen-bond acceptors (Lipinski definition) is 1. The maximum Gasteiger partial charge on any atom is 0.136 e. The van der Waals surface area contributed by atoms with Crippen LogP contribution in [-0.2, 0) is 18.5 Å². The fraction of sp³-hybridized carbons (Fsp3) is 0.478. The molecule has 0 amide bonds. The van der Waals surface area contributed by atoms with E-state index in [0.29, 0.717) is 18.9 Å². The van der Waals surface area contributed by atoms with Gasteiger partial charge in [0.1, 0.15) is 5.67 Å². The Labute approximate surface area is 151 Å². The molecule has 134 valence electrons.